The summed E-state index contributed by atoms with van der Waals surface area (Å²) >= 11 is 0. The van der Waals surface area contributed by atoms with E-state index >= 15 is 0 Å². The maximum absolute atomic E-state index is 4.26. The lowest BCUT2D eigenvalue weighted by Crippen LogP contribution is -2.74. The van der Waals surface area contributed by atoms with Gasteiger partial charge in [0.2, 0.25) is 0 Å². The van der Waals surface area contributed by atoms with Crippen molar-refractivity contribution in [3.63, 3.8) is 0 Å². The molecule has 1 atom stereocenters. The lowest BCUT2D eigenvalue weighted by Gasteiger charge is -2.34. The fourth-order valence-electron chi connectivity index (χ4n) is 12.7. The lowest BCUT2D eigenvalue weighted by molar-refractivity contribution is 0.834. The highest BCUT2D eigenvalue weighted by Crippen LogP contribution is 2.44. The quantitative estimate of drug-likeness (QED) is 0.0665. The van der Waals surface area contributed by atoms with Gasteiger partial charge in [-0.2, -0.15) is 0 Å². The van der Waals surface area contributed by atoms with E-state index < -0.39 is 8.07 Å². The van der Waals surface area contributed by atoms with Crippen molar-refractivity contribution < 1.29 is 0 Å². The van der Waals surface area contributed by atoms with Gasteiger partial charge in [0, 0.05) is 62.8 Å². The Balaban J connectivity index is 0.831. The number of anilines is 5. The average Bonchev–Trinajstić information content (AvgIpc) is 3.22. The van der Waals surface area contributed by atoms with Crippen molar-refractivity contribution in [3.05, 3.63) is 339 Å². The molecule has 0 saturated carbocycles. The van der Waals surface area contributed by atoms with Crippen LogP contribution in [0.3, 0.4) is 0 Å². The summed E-state index contributed by atoms with van der Waals surface area (Å²) in [5.41, 5.74) is 19.8. The molecule has 82 heavy (non-hydrogen) atoms. The first-order valence-electron chi connectivity index (χ1n) is 28.4. The van der Waals surface area contributed by atoms with Crippen molar-refractivity contribution in [2.75, 3.05) is 10.2 Å². The molecule has 3 nitrogen and oxygen atoms in total. The highest BCUT2D eigenvalue weighted by Gasteiger charge is 2.41. The Morgan fingerprint density at radius 3 is 1.45 bits per heavy atom. The van der Waals surface area contributed by atoms with E-state index in [1.165, 1.54) is 70.6 Å². The van der Waals surface area contributed by atoms with E-state index in [1.54, 1.807) is 0 Å². The molecule has 1 aliphatic rings. The van der Waals surface area contributed by atoms with Gasteiger partial charge in [0.1, 0.15) is 0 Å². The molecule has 12 aromatic carbocycles. The summed E-state index contributed by atoms with van der Waals surface area (Å²) in [7, 11) is -2.66. The SMILES string of the molecule is C=CCC(c1ccc(N(c2ccc(-c3ccc([Si](c4ccccc4)(c4ccccc4)c4ccccc4)cc3)cc2)c2ccc(-c3ccc4c(c3)-c3cccc(c3)-c3ccccc3N4)cc2)cc1)c1cn(-c2ccccc2)c2ccccc12. The smallest absolute Gasteiger partial charge is 0.179 e. The number of aromatic nitrogens is 1. The van der Waals surface area contributed by atoms with Gasteiger partial charge in [-0.25, -0.2) is 0 Å². The van der Waals surface area contributed by atoms with E-state index in [2.05, 4.69) is 343 Å². The molecule has 13 aromatic rings. The molecule has 0 fully saturated rings. The molecule has 1 aliphatic heterocycles. The van der Waals surface area contributed by atoms with E-state index in [1.807, 2.05) is 0 Å². The number of hydrogen-bond donors (Lipinski definition) is 1. The zero-order valence-electron chi connectivity index (χ0n) is 45.5. The molecule has 14 rings (SSSR count). The van der Waals surface area contributed by atoms with Gasteiger partial charge in [0.15, 0.2) is 8.07 Å². The van der Waals surface area contributed by atoms with E-state index in [4.69, 9.17) is 0 Å². The summed E-state index contributed by atoms with van der Waals surface area (Å²) in [5.74, 6) is 0.110. The Bertz CT molecular complexity index is 4270. The van der Waals surface area contributed by atoms with Crippen LogP contribution in [0.2, 0.25) is 0 Å². The number of hydrogen-bond acceptors (Lipinski definition) is 2. The van der Waals surface area contributed by atoms with E-state index in [0.29, 0.717) is 0 Å². The maximum Gasteiger partial charge on any atom is 0.179 e. The summed E-state index contributed by atoms with van der Waals surface area (Å²) < 4.78 is 2.33. The summed E-state index contributed by atoms with van der Waals surface area (Å²) in [5, 5.41) is 10.5. The van der Waals surface area contributed by atoms with Crippen LogP contribution in [-0.2, 0) is 0 Å². The first-order valence-corrected chi connectivity index (χ1v) is 30.4. The number of para-hydroxylation sites is 3. The van der Waals surface area contributed by atoms with Crippen LogP contribution >= 0.6 is 0 Å². The molecular weight excluding hydrogens is 1010 g/mol. The van der Waals surface area contributed by atoms with Crippen LogP contribution in [-0.4, -0.2) is 12.6 Å². The van der Waals surface area contributed by atoms with Gasteiger partial charge in [-0.1, -0.05) is 237 Å². The summed E-state index contributed by atoms with van der Waals surface area (Å²) in [4.78, 5) is 2.39. The Morgan fingerprint density at radius 1 is 0.390 bits per heavy atom. The van der Waals surface area contributed by atoms with Gasteiger partial charge in [0.05, 0.1) is 5.52 Å². The van der Waals surface area contributed by atoms with Crippen LogP contribution in [0.1, 0.15) is 23.5 Å². The molecule has 0 saturated heterocycles. The number of nitrogens with one attached hydrogen (secondary N) is 1. The summed E-state index contributed by atoms with van der Waals surface area (Å²) in [6.45, 7) is 4.26. The zero-order chi connectivity index (χ0) is 54.8. The fraction of sp³-hybridized carbons (Fsp3) is 0.0256. The molecule has 1 unspecified atom stereocenters. The molecule has 0 aliphatic carbocycles. The zero-order valence-corrected chi connectivity index (χ0v) is 46.5. The third kappa shape index (κ3) is 9.15. The van der Waals surface area contributed by atoms with E-state index in [-0.39, 0.29) is 5.92 Å². The normalized spacial score (nSPS) is 12.0. The van der Waals surface area contributed by atoms with Crippen LogP contribution in [0.25, 0.3) is 61.1 Å². The molecule has 0 amide bonds. The van der Waals surface area contributed by atoms with Crippen LogP contribution in [0, 0.1) is 0 Å². The highest BCUT2D eigenvalue weighted by molar-refractivity contribution is 7.19. The van der Waals surface area contributed by atoms with Gasteiger partial charge in [-0.3, -0.25) is 0 Å². The van der Waals surface area contributed by atoms with Crippen molar-refractivity contribution in [3.8, 4) is 50.2 Å². The Morgan fingerprint density at radius 2 is 0.854 bits per heavy atom. The highest BCUT2D eigenvalue weighted by atomic mass is 28.3. The van der Waals surface area contributed by atoms with Crippen molar-refractivity contribution in [1.29, 1.82) is 0 Å². The second-order valence-electron chi connectivity index (χ2n) is 21.3. The number of fused-ring (bicyclic) bond motifs is 7. The van der Waals surface area contributed by atoms with Crippen LogP contribution in [0.4, 0.5) is 28.4 Å². The monoisotopic (exact) mass is 1070 g/mol. The van der Waals surface area contributed by atoms with E-state index in [9.17, 15) is 0 Å². The van der Waals surface area contributed by atoms with Crippen molar-refractivity contribution in [2.24, 2.45) is 0 Å². The predicted molar refractivity (Wildman–Crippen MR) is 350 cm³/mol. The van der Waals surface area contributed by atoms with E-state index in [0.717, 1.165) is 57.2 Å². The van der Waals surface area contributed by atoms with Gasteiger partial charge in [-0.15, -0.1) is 6.58 Å². The molecular formula is C78H59N3Si. The molecule has 0 radical (unpaired) electrons. The van der Waals surface area contributed by atoms with Crippen LogP contribution < -0.4 is 31.0 Å². The third-order valence-corrected chi connectivity index (χ3v) is 21.5. The molecule has 4 heteroatoms. The Hall–Kier alpha value is -10.3. The third-order valence-electron chi connectivity index (χ3n) is 16.7. The van der Waals surface area contributed by atoms with Crippen molar-refractivity contribution >= 4 is 68.2 Å². The van der Waals surface area contributed by atoms with Gasteiger partial charge in [-0.05, 0) is 151 Å². The Labute approximate surface area is 482 Å². The minimum absolute atomic E-state index is 0.110. The molecule has 390 valence electrons. The van der Waals surface area contributed by atoms with Crippen LogP contribution in [0.15, 0.2) is 328 Å². The molecule has 1 N–H and O–H groups in total. The van der Waals surface area contributed by atoms with Gasteiger partial charge < -0.3 is 14.8 Å². The fourth-order valence-corrected chi connectivity index (χ4v) is 17.4. The molecule has 0 spiro atoms. The second-order valence-corrected chi connectivity index (χ2v) is 25.2. The Kier molecular flexibility index (Phi) is 13.3. The predicted octanol–water partition coefficient (Wildman–Crippen LogP) is 17.9. The molecule has 1 aromatic heterocycles. The average molecular weight is 1070 g/mol. The van der Waals surface area contributed by atoms with Crippen LogP contribution in [0.5, 0.6) is 0 Å². The first kappa shape index (κ1) is 50.0. The first-order chi connectivity index (χ1) is 40.6. The summed E-state index contributed by atoms with van der Waals surface area (Å²) in [6, 6.07) is 114. The number of nitrogens with zero attached hydrogens (tertiary/aromatic N) is 2. The maximum atomic E-state index is 4.26. The molecule has 2 bridgehead atoms. The standard InChI is InChI=1S/C78H59N3Si/c1-2-20-71(75-55-80(63-23-7-3-8-24-63)78-34-18-16-32-73(75)78)59-39-48-66(49-40-59)81(65-46-37-58(38-47-65)60-43-52-77-74(54-60)62-22-19-21-61(53-62)72-31-15-17-33-76(72)79-77)64-44-35-56(36-45-64)57-41-50-70(51-42-57)82(67-25-9-4-10-26-67,68-27-11-5-12-28-68)69-29-13-6-14-30-69/h2-19,21-55,71,79H,1,20H2. The number of benzene rings is 12. The van der Waals surface area contributed by atoms with Crippen molar-refractivity contribution in [1.82, 2.24) is 4.57 Å². The minimum Gasteiger partial charge on any atom is -0.355 e. The minimum atomic E-state index is -2.66. The number of rotatable bonds is 14. The second kappa shape index (κ2) is 21.8. The van der Waals surface area contributed by atoms with Crippen molar-refractivity contribution in [2.45, 2.75) is 12.3 Å². The summed E-state index contributed by atoms with van der Waals surface area (Å²) in [6.07, 6.45) is 5.20. The topological polar surface area (TPSA) is 20.2 Å². The molecule has 2 heterocycles. The largest absolute Gasteiger partial charge is 0.355 e. The number of allylic oxidation sites excluding steroid dienone is 1. The van der Waals surface area contributed by atoms with Gasteiger partial charge in [0.25, 0.3) is 0 Å². The van der Waals surface area contributed by atoms with Gasteiger partial charge >= 0.3 is 0 Å². The lowest BCUT2D eigenvalue weighted by atomic mass is 9.88.